The van der Waals surface area contributed by atoms with Crippen LogP contribution in [0.15, 0.2) is 48.1 Å². The smallest absolute Gasteiger partial charge is 0.429 e. The topological polar surface area (TPSA) is 102 Å². The van der Waals surface area contributed by atoms with E-state index < -0.39 is 74.6 Å². The fraction of sp³-hybridized carbons (Fsp3) is 0.581. The number of carbonyl (C=O) groups excluding carboxylic acids is 3. The number of halogens is 3. The van der Waals surface area contributed by atoms with Gasteiger partial charge in [-0.25, -0.2) is 13.6 Å². The molecule has 4 aliphatic carbocycles. The van der Waals surface area contributed by atoms with E-state index in [1.807, 2.05) is 19.1 Å². The van der Waals surface area contributed by atoms with Crippen molar-refractivity contribution >= 4 is 40.4 Å². The standard InChI is InChI=1S/C31H32ClF2NO7S/c1-28-8-7-19(36)10-22(28)23(33)11-21-20-9-17-14-35(13-16-3-5-18(32)6-4-16)42-31(17,26(38)43-25-15-40-27(39)41-25)29(20,2)12-24(37)30(21,28)34/h3-8,10,17,20-21,23-25,37H,9,11-15H2,1-2H3/t17-,20-,21-,23-,24-,25?,28-,29-,30-,31-/m0/s1. The lowest BCUT2D eigenvalue weighted by Gasteiger charge is -2.63. The average molecular weight is 636 g/mol. The molecule has 6 aliphatic rings. The Hall–Kier alpha value is -2.31. The number of thioether (sulfide) groups is 1. The van der Waals surface area contributed by atoms with Crippen molar-refractivity contribution in [2.75, 3.05) is 13.2 Å². The van der Waals surface area contributed by atoms with E-state index in [0.717, 1.165) is 23.4 Å². The van der Waals surface area contributed by atoms with Gasteiger partial charge < -0.3 is 14.6 Å². The second-order valence-electron chi connectivity index (χ2n) is 13.1. The highest BCUT2D eigenvalue weighted by Crippen LogP contribution is 2.73. The molecule has 12 heteroatoms. The van der Waals surface area contributed by atoms with Crippen LogP contribution in [0.3, 0.4) is 0 Å². The molecule has 1 N–H and O–H groups in total. The summed E-state index contributed by atoms with van der Waals surface area (Å²) < 4.78 is 43.6. The lowest BCUT2D eigenvalue weighted by Crippen LogP contribution is -2.70. The Labute approximate surface area is 256 Å². The molecule has 7 rings (SSSR count). The van der Waals surface area contributed by atoms with Crippen molar-refractivity contribution < 1.29 is 42.6 Å². The summed E-state index contributed by atoms with van der Waals surface area (Å²) in [4.78, 5) is 44.8. The number of ketones is 1. The number of ether oxygens (including phenoxy) is 2. The molecular formula is C31H32ClF2NO7S. The highest BCUT2D eigenvalue weighted by atomic mass is 35.5. The molecule has 43 heavy (non-hydrogen) atoms. The van der Waals surface area contributed by atoms with Crippen LogP contribution in [0.4, 0.5) is 13.6 Å². The lowest BCUT2D eigenvalue weighted by molar-refractivity contribution is -0.266. The zero-order valence-corrected chi connectivity index (χ0v) is 25.2. The third kappa shape index (κ3) is 4.00. The van der Waals surface area contributed by atoms with Crippen molar-refractivity contribution in [2.45, 2.75) is 68.6 Å². The molecule has 2 heterocycles. The molecule has 3 saturated carbocycles. The van der Waals surface area contributed by atoms with Crippen LogP contribution in [0.25, 0.3) is 0 Å². The number of hydrogen-bond donors (Lipinski definition) is 1. The van der Waals surface area contributed by atoms with Crippen LogP contribution in [0, 0.1) is 28.6 Å². The first-order valence-corrected chi connectivity index (χ1v) is 15.8. The number of fused-ring (bicyclic) bond motifs is 7. The monoisotopic (exact) mass is 635 g/mol. The molecular weight excluding hydrogens is 604 g/mol. The quantitative estimate of drug-likeness (QED) is 0.452. The number of hydroxylamine groups is 2. The predicted molar refractivity (Wildman–Crippen MR) is 152 cm³/mol. The van der Waals surface area contributed by atoms with Crippen molar-refractivity contribution in [2.24, 2.45) is 28.6 Å². The van der Waals surface area contributed by atoms with Gasteiger partial charge in [0.2, 0.25) is 5.12 Å². The summed E-state index contributed by atoms with van der Waals surface area (Å²) in [5, 5.41) is 13.7. The molecule has 0 spiro atoms. The van der Waals surface area contributed by atoms with Crippen LogP contribution < -0.4 is 0 Å². The molecule has 2 saturated heterocycles. The minimum Gasteiger partial charge on any atom is -0.429 e. The predicted octanol–water partition coefficient (Wildman–Crippen LogP) is 5.12. The number of rotatable bonds is 4. The number of benzene rings is 1. The highest BCUT2D eigenvalue weighted by molar-refractivity contribution is 8.14. The number of nitrogens with zero attached hydrogens (tertiary/aromatic N) is 1. The van der Waals surface area contributed by atoms with E-state index in [2.05, 4.69) is 0 Å². The molecule has 8 nitrogen and oxygen atoms in total. The van der Waals surface area contributed by atoms with Crippen LogP contribution in [0.1, 0.15) is 38.7 Å². The molecule has 0 aromatic heterocycles. The second-order valence-corrected chi connectivity index (χ2v) is 14.7. The Morgan fingerprint density at radius 1 is 1.19 bits per heavy atom. The zero-order valence-electron chi connectivity index (χ0n) is 23.6. The average Bonchev–Trinajstić information content (AvgIpc) is 3.60. The zero-order chi connectivity index (χ0) is 30.5. The van der Waals surface area contributed by atoms with Crippen molar-refractivity contribution in [3.63, 3.8) is 0 Å². The Balaban J connectivity index is 1.27. The summed E-state index contributed by atoms with van der Waals surface area (Å²) in [5.41, 5.74) is -6.31. The molecule has 10 atom stereocenters. The third-order valence-corrected chi connectivity index (χ3v) is 12.3. The summed E-state index contributed by atoms with van der Waals surface area (Å²) in [6.45, 7) is 3.98. The third-order valence-electron chi connectivity index (χ3n) is 11.1. The molecule has 0 radical (unpaired) electrons. The van der Waals surface area contributed by atoms with Gasteiger partial charge in [0.15, 0.2) is 22.5 Å². The Morgan fingerprint density at radius 2 is 1.93 bits per heavy atom. The number of hydrogen-bond acceptors (Lipinski definition) is 9. The molecule has 1 aromatic carbocycles. The number of alkyl halides is 2. The maximum absolute atomic E-state index is 17.7. The molecule has 1 unspecified atom stereocenters. The van der Waals surface area contributed by atoms with Gasteiger partial charge in [0.25, 0.3) is 0 Å². The first-order valence-electron chi connectivity index (χ1n) is 14.5. The van der Waals surface area contributed by atoms with Gasteiger partial charge in [-0.2, -0.15) is 5.06 Å². The van der Waals surface area contributed by atoms with Crippen LogP contribution in [0.5, 0.6) is 0 Å². The normalized spacial score (nSPS) is 45.0. The summed E-state index contributed by atoms with van der Waals surface area (Å²) in [7, 11) is 0. The Bertz CT molecular complexity index is 1460. The van der Waals surface area contributed by atoms with Crippen LogP contribution >= 0.6 is 23.4 Å². The SMILES string of the molecule is C[C@]12C=CC(=O)C=C1[C@@H](F)C[C@H]1[C@@H]3C[C@H]4CN(Cc5ccc(Cl)cc5)O[C@@]4(C(=O)SC4COC(=O)O4)[C@@]3(C)C[C@H](O)[C@@]12F. The van der Waals surface area contributed by atoms with Crippen LogP contribution in [-0.4, -0.2) is 69.4 Å². The van der Waals surface area contributed by atoms with Crippen molar-refractivity contribution in [3.05, 3.63) is 58.7 Å². The fourth-order valence-corrected chi connectivity index (χ4v) is 10.4. The van der Waals surface area contributed by atoms with Crippen molar-refractivity contribution in [1.29, 1.82) is 0 Å². The molecule has 2 aliphatic heterocycles. The number of allylic oxidation sites excluding steroid dienone is 4. The van der Waals surface area contributed by atoms with Gasteiger partial charge in [-0.3, -0.25) is 14.4 Å². The van der Waals surface area contributed by atoms with Crippen LogP contribution in [0.2, 0.25) is 5.02 Å². The first-order chi connectivity index (χ1) is 20.3. The van der Waals surface area contributed by atoms with Gasteiger partial charge in [0, 0.05) is 40.8 Å². The van der Waals surface area contributed by atoms with E-state index >= 15 is 8.78 Å². The molecule has 230 valence electrons. The summed E-state index contributed by atoms with van der Waals surface area (Å²) in [5.74, 6) is -2.28. The highest BCUT2D eigenvalue weighted by Gasteiger charge is 2.79. The van der Waals surface area contributed by atoms with E-state index in [1.54, 1.807) is 24.1 Å². The number of cyclic esters (lactones) is 2. The number of aliphatic hydroxyl groups excluding tert-OH is 1. The maximum atomic E-state index is 17.7. The van der Waals surface area contributed by atoms with Gasteiger partial charge in [-0.1, -0.05) is 36.7 Å². The molecule has 1 aromatic rings. The number of carbonyl (C=O) groups is 3. The van der Waals surface area contributed by atoms with Crippen LogP contribution in [-0.2, 0) is 30.4 Å². The largest absolute Gasteiger partial charge is 0.509 e. The second kappa shape index (κ2) is 9.84. The lowest BCUT2D eigenvalue weighted by atomic mass is 9.44. The van der Waals surface area contributed by atoms with Gasteiger partial charge in [-0.15, -0.1) is 0 Å². The summed E-state index contributed by atoms with van der Waals surface area (Å²) >= 11 is 6.87. The van der Waals surface area contributed by atoms with E-state index in [-0.39, 0.29) is 25.0 Å². The van der Waals surface area contributed by atoms with E-state index in [4.69, 9.17) is 25.9 Å². The molecule has 5 fully saturated rings. The van der Waals surface area contributed by atoms with Crippen molar-refractivity contribution in [1.82, 2.24) is 5.06 Å². The molecule has 0 bridgehead atoms. The maximum Gasteiger partial charge on any atom is 0.509 e. The minimum absolute atomic E-state index is 0.0504. The Morgan fingerprint density at radius 3 is 2.63 bits per heavy atom. The number of aliphatic hydroxyl groups is 1. The first kappa shape index (κ1) is 29.4. The summed E-state index contributed by atoms with van der Waals surface area (Å²) in [6.07, 6.45) is -0.184. The van der Waals surface area contributed by atoms with Gasteiger partial charge in [-0.05, 0) is 79.3 Å². The summed E-state index contributed by atoms with van der Waals surface area (Å²) in [6, 6.07) is 7.26. The van der Waals surface area contributed by atoms with E-state index in [1.165, 1.54) is 12.2 Å². The Kier molecular flexibility index (Phi) is 6.73. The van der Waals surface area contributed by atoms with E-state index in [9.17, 15) is 19.5 Å². The molecule has 0 amide bonds. The van der Waals surface area contributed by atoms with Crippen molar-refractivity contribution in [3.8, 4) is 0 Å². The van der Waals surface area contributed by atoms with E-state index in [0.29, 0.717) is 24.5 Å². The van der Waals surface area contributed by atoms with Gasteiger partial charge in [0.05, 0.1) is 6.10 Å². The van der Waals surface area contributed by atoms with Gasteiger partial charge >= 0.3 is 6.16 Å². The minimum atomic E-state index is -2.27. The fourth-order valence-electron chi connectivity index (χ4n) is 9.13. The van der Waals surface area contributed by atoms with Gasteiger partial charge in [0.1, 0.15) is 12.8 Å².